The van der Waals surface area contributed by atoms with Crippen LogP contribution in [0.2, 0.25) is 0 Å². The number of H-pyrrole nitrogens is 2. The zero-order valence-corrected chi connectivity index (χ0v) is 32.7. The van der Waals surface area contributed by atoms with Gasteiger partial charge in [-0.25, -0.2) is 19.6 Å². The number of imidazole rings is 2. The number of methoxy groups -OCH3 is 2. The number of carbonyl (C=O) groups is 4. The standard InChI is InChI=1S/C42H50N8O6/c1-23(2)35(47-41(53)55-5)39(51)49-19-9-15-33(49)37-43-22-32(46-37)29-14-8-12-27-26(11-7-13-28(27)29)25-17-18-30-31(21-25)45-38(44-30)34-16-10-20-50(34)40(52)36(24(3)4)48-42(54)56-6/h7-8,11-14,17-18,21-24,33-36H,9-10,15-16,19-20H2,1-6H3,(H,43,46)(H,44,45)(H,47,53)(H,48,54). The molecule has 4 atom stereocenters. The fraction of sp³-hybridized carbons (Fsp3) is 0.429. The Hall–Kier alpha value is -5.92. The van der Waals surface area contributed by atoms with Gasteiger partial charge in [-0.15, -0.1) is 0 Å². The number of ether oxygens (including phenoxy) is 2. The Balaban J connectivity index is 1.15. The molecular formula is C42H50N8O6. The van der Waals surface area contributed by atoms with Gasteiger partial charge in [0.2, 0.25) is 11.8 Å². The van der Waals surface area contributed by atoms with E-state index < -0.39 is 24.3 Å². The van der Waals surface area contributed by atoms with Crippen LogP contribution in [0.5, 0.6) is 0 Å². The largest absolute Gasteiger partial charge is 0.453 e. The van der Waals surface area contributed by atoms with Gasteiger partial charge in [-0.2, -0.15) is 0 Å². The van der Waals surface area contributed by atoms with Crippen LogP contribution in [0.4, 0.5) is 9.59 Å². The molecule has 4 N–H and O–H groups in total. The van der Waals surface area contributed by atoms with Crippen molar-refractivity contribution in [3.63, 3.8) is 0 Å². The molecule has 0 radical (unpaired) electrons. The summed E-state index contributed by atoms with van der Waals surface area (Å²) in [6.45, 7) is 8.77. The van der Waals surface area contributed by atoms with Crippen molar-refractivity contribution < 1.29 is 28.7 Å². The molecule has 2 saturated heterocycles. The van der Waals surface area contributed by atoms with Gasteiger partial charge in [-0.1, -0.05) is 70.2 Å². The number of aromatic nitrogens is 4. The number of fused-ring (bicyclic) bond motifs is 2. The number of nitrogens with zero attached hydrogens (tertiary/aromatic N) is 4. The Bertz CT molecular complexity index is 2260. The van der Waals surface area contributed by atoms with Crippen LogP contribution < -0.4 is 10.6 Å². The fourth-order valence-corrected chi connectivity index (χ4v) is 8.18. The van der Waals surface area contributed by atoms with E-state index in [4.69, 9.17) is 19.4 Å². The van der Waals surface area contributed by atoms with Crippen molar-refractivity contribution in [1.82, 2.24) is 40.4 Å². The molecule has 5 aromatic rings. The van der Waals surface area contributed by atoms with E-state index in [-0.39, 0.29) is 35.7 Å². The van der Waals surface area contributed by atoms with Crippen LogP contribution in [-0.2, 0) is 19.1 Å². The van der Waals surface area contributed by atoms with E-state index >= 15 is 0 Å². The normalized spacial score (nSPS) is 18.1. The number of alkyl carbamates (subject to hydrolysis) is 2. The zero-order chi connectivity index (χ0) is 39.7. The summed E-state index contributed by atoms with van der Waals surface area (Å²) in [4.78, 5) is 71.9. The van der Waals surface area contributed by atoms with Crippen LogP contribution >= 0.6 is 0 Å². The minimum absolute atomic E-state index is 0.119. The second-order valence-corrected chi connectivity index (χ2v) is 15.3. The molecule has 2 aliphatic heterocycles. The smallest absolute Gasteiger partial charge is 0.407 e. The van der Waals surface area contributed by atoms with E-state index in [0.717, 1.165) is 75.7 Å². The number of nitrogens with one attached hydrogen (secondary N) is 4. The van der Waals surface area contributed by atoms with Crippen molar-refractivity contribution in [1.29, 1.82) is 0 Å². The molecule has 3 aromatic carbocycles. The number of carbonyl (C=O) groups excluding carboxylic acids is 4. The minimum Gasteiger partial charge on any atom is -0.453 e. The lowest BCUT2D eigenvalue weighted by molar-refractivity contribution is -0.136. The highest BCUT2D eigenvalue weighted by atomic mass is 16.5. The molecule has 4 heterocycles. The maximum Gasteiger partial charge on any atom is 0.407 e. The molecule has 0 aliphatic carbocycles. The Morgan fingerprint density at radius 2 is 1.29 bits per heavy atom. The van der Waals surface area contributed by atoms with Gasteiger partial charge in [0, 0.05) is 18.7 Å². The number of hydrogen-bond donors (Lipinski definition) is 4. The maximum atomic E-state index is 13.7. The monoisotopic (exact) mass is 762 g/mol. The van der Waals surface area contributed by atoms with Crippen molar-refractivity contribution in [2.24, 2.45) is 11.8 Å². The molecule has 2 aromatic heterocycles. The number of amides is 4. The van der Waals surface area contributed by atoms with Crippen LogP contribution in [0.25, 0.3) is 44.2 Å². The van der Waals surface area contributed by atoms with E-state index in [9.17, 15) is 19.2 Å². The lowest BCUT2D eigenvalue weighted by Crippen LogP contribution is -2.51. The topological polar surface area (TPSA) is 175 Å². The summed E-state index contributed by atoms with van der Waals surface area (Å²) in [7, 11) is 2.58. The molecule has 4 unspecified atom stereocenters. The third kappa shape index (κ3) is 7.39. The summed E-state index contributed by atoms with van der Waals surface area (Å²) >= 11 is 0. The number of aromatic amines is 2. The molecule has 14 nitrogen and oxygen atoms in total. The fourth-order valence-electron chi connectivity index (χ4n) is 8.18. The first-order valence-electron chi connectivity index (χ1n) is 19.4. The van der Waals surface area contributed by atoms with Gasteiger partial charge >= 0.3 is 12.2 Å². The average Bonchev–Trinajstić information content (AvgIpc) is 4.03. The Kier molecular flexibility index (Phi) is 11.0. The Labute approximate surface area is 325 Å². The third-order valence-corrected chi connectivity index (χ3v) is 11.1. The quantitative estimate of drug-likeness (QED) is 0.119. The van der Waals surface area contributed by atoms with E-state index in [1.807, 2.05) is 61.9 Å². The summed E-state index contributed by atoms with van der Waals surface area (Å²) in [5.74, 6) is 0.898. The highest BCUT2D eigenvalue weighted by molar-refractivity contribution is 6.04. The van der Waals surface area contributed by atoms with Crippen LogP contribution in [-0.4, -0.2) is 93.1 Å². The first-order valence-corrected chi connectivity index (χ1v) is 19.4. The molecule has 7 rings (SSSR count). The zero-order valence-electron chi connectivity index (χ0n) is 32.7. The van der Waals surface area contributed by atoms with Crippen molar-refractivity contribution in [3.8, 4) is 22.4 Å². The van der Waals surface area contributed by atoms with Crippen LogP contribution in [0.1, 0.15) is 77.1 Å². The SMILES string of the molecule is COC(=O)NC(C(=O)N1CCCC1c1ncc(-c2cccc3c(-c4ccc5nc(C6CCCN6C(=O)C(NC(=O)OC)C(C)C)[nH]c5c4)cccc23)[nH]1)C(C)C. The van der Waals surface area contributed by atoms with Gasteiger partial charge in [0.15, 0.2) is 0 Å². The van der Waals surface area contributed by atoms with Crippen molar-refractivity contribution in [2.45, 2.75) is 77.5 Å². The molecule has 0 saturated carbocycles. The molecule has 0 bridgehead atoms. The van der Waals surface area contributed by atoms with Crippen molar-refractivity contribution in [3.05, 3.63) is 72.4 Å². The molecular weight excluding hydrogens is 713 g/mol. The van der Waals surface area contributed by atoms with Gasteiger partial charge in [-0.3, -0.25) is 9.59 Å². The molecule has 2 fully saturated rings. The lowest BCUT2D eigenvalue weighted by Gasteiger charge is -2.30. The van der Waals surface area contributed by atoms with Crippen molar-refractivity contribution in [2.75, 3.05) is 27.3 Å². The van der Waals surface area contributed by atoms with E-state index in [0.29, 0.717) is 18.9 Å². The summed E-state index contributed by atoms with van der Waals surface area (Å²) in [6.07, 6.45) is 3.77. The molecule has 2 aliphatic rings. The predicted octanol–water partition coefficient (Wildman–Crippen LogP) is 6.86. The first kappa shape index (κ1) is 38.4. The Morgan fingerprint density at radius 3 is 1.86 bits per heavy atom. The van der Waals surface area contributed by atoms with Gasteiger partial charge < -0.3 is 39.9 Å². The second kappa shape index (κ2) is 16.0. The number of rotatable bonds is 10. The predicted molar refractivity (Wildman–Crippen MR) is 212 cm³/mol. The van der Waals surface area contributed by atoms with Gasteiger partial charge in [0.1, 0.15) is 23.7 Å². The summed E-state index contributed by atoms with van der Waals surface area (Å²) in [5, 5.41) is 7.54. The summed E-state index contributed by atoms with van der Waals surface area (Å²) in [5.41, 5.74) is 5.59. The van der Waals surface area contributed by atoms with E-state index in [2.05, 4.69) is 57.0 Å². The number of benzene rings is 3. The van der Waals surface area contributed by atoms with Gasteiger partial charge in [-0.05, 0) is 71.6 Å². The van der Waals surface area contributed by atoms with Crippen molar-refractivity contribution >= 4 is 45.8 Å². The number of likely N-dealkylation sites (tertiary alicyclic amines) is 2. The average molecular weight is 763 g/mol. The first-order chi connectivity index (χ1) is 27.0. The maximum absolute atomic E-state index is 13.7. The third-order valence-electron chi connectivity index (χ3n) is 11.1. The second-order valence-electron chi connectivity index (χ2n) is 15.3. The van der Waals surface area contributed by atoms with Crippen LogP contribution in [0.15, 0.2) is 60.8 Å². The summed E-state index contributed by atoms with van der Waals surface area (Å²) in [6, 6.07) is 16.8. The number of hydrogen-bond acceptors (Lipinski definition) is 8. The van der Waals surface area contributed by atoms with Crippen LogP contribution in [0, 0.1) is 11.8 Å². The lowest BCUT2D eigenvalue weighted by atomic mass is 9.94. The Morgan fingerprint density at radius 1 is 0.732 bits per heavy atom. The highest BCUT2D eigenvalue weighted by Gasteiger charge is 2.39. The highest BCUT2D eigenvalue weighted by Crippen LogP contribution is 2.38. The van der Waals surface area contributed by atoms with Gasteiger partial charge in [0.25, 0.3) is 0 Å². The molecule has 14 heteroatoms. The van der Waals surface area contributed by atoms with Crippen LogP contribution in [0.3, 0.4) is 0 Å². The molecule has 56 heavy (non-hydrogen) atoms. The molecule has 294 valence electrons. The van der Waals surface area contributed by atoms with Gasteiger partial charge in [0.05, 0.1) is 49.2 Å². The minimum atomic E-state index is -0.706. The van der Waals surface area contributed by atoms with E-state index in [1.165, 1.54) is 14.2 Å². The molecule has 4 amide bonds. The summed E-state index contributed by atoms with van der Waals surface area (Å²) < 4.78 is 9.57. The molecule has 0 spiro atoms. The van der Waals surface area contributed by atoms with E-state index in [1.54, 1.807) is 0 Å².